The summed E-state index contributed by atoms with van der Waals surface area (Å²) in [5.74, 6) is 1.16. The molecule has 0 spiro atoms. The summed E-state index contributed by atoms with van der Waals surface area (Å²) in [4.78, 5) is 0. The molecule has 4 nitrogen and oxygen atoms in total. The van der Waals surface area contributed by atoms with Gasteiger partial charge in [-0.3, -0.25) is 0 Å². The van der Waals surface area contributed by atoms with E-state index in [1.54, 1.807) is 0 Å². The van der Waals surface area contributed by atoms with Gasteiger partial charge in [0.15, 0.2) is 0 Å². The van der Waals surface area contributed by atoms with Crippen molar-refractivity contribution >= 4 is 0 Å². The van der Waals surface area contributed by atoms with E-state index in [4.69, 9.17) is 4.74 Å². The molecule has 4 heteroatoms. The number of rotatable bonds is 10. The molecule has 0 radical (unpaired) electrons. The first-order valence-corrected chi connectivity index (χ1v) is 12.5. The molecule has 0 aliphatic carbocycles. The molecule has 0 heterocycles. The van der Waals surface area contributed by atoms with E-state index in [1.807, 2.05) is 24.3 Å². The topological polar surface area (TPSA) is 69.9 Å². The lowest BCUT2D eigenvalue weighted by Crippen LogP contribution is -2.13. The van der Waals surface area contributed by atoms with Crippen molar-refractivity contribution in [2.45, 2.75) is 78.6 Å². The maximum atomic E-state index is 9.59. The van der Waals surface area contributed by atoms with Crippen LogP contribution in [0.3, 0.4) is 0 Å². The predicted octanol–water partition coefficient (Wildman–Crippen LogP) is 6.40. The normalized spacial score (nSPS) is 12.6. The molecule has 0 amide bonds. The number of ether oxygens (including phenoxy) is 1. The molecule has 0 saturated carbocycles. The van der Waals surface area contributed by atoms with Crippen molar-refractivity contribution in [1.82, 2.24) is 0 Å². The molecule has 3 rings (SSSR count). The van der Waals surface area contributed by atoms with E-state index < -0.39 is 0 Å². The van der Waals surface area contributed by atoms with Crippen molar-refractivity contribution in [1.29, 1.82) is 0 Å². The summed E-state index contributed by atoms with van der Waals surface area (Å²) in [6.07, 6.45) is 1.79. The molecule has 35 heavy (non-hydrogen) atoms. The highest BCUT2D eigenvalue weighted by Crippen LogP contribution is 2.38. The van der Waals surface area contributed by atoms with Gasteiger partial charge in [0.1, 0.15) is 12.4 Å². The average molecular weight is 477 g/mol. The molecule has 0 aliphatic rings. The SMILES string of the molecule is CCC(CCO)c1ccc(-c2cc(OCc3ccc(CO)c(CO)c3)ccc2C(C)(C)C)c(C)c1. The number of aryl methyl sites for hydroxylation is 1. The molecule has 0 fully saturated rings. The number of hydrogen-bond donors (Lipinski definition) is 3. The maximum absolute atomic E-state index is 9.59. The van der Waals surface area contributed by atoms with Gasteiger partial charge in [-0.1, -0.05) is 64.1 Å². The standard InChI is InChI=1S/C31H40O4/c1-6-23(13-14-32)24-9-11-28(21(2)15-24)29-17-27(10-12-30(29)31(3,4)5)35-20-22-7-8-25(18-33)26(16-22)19-34/h7-12,15-17,23,32-34H,6,13-14,18-20H2,1-5H3. The van der Waals surface area contributed by atoms with E-state index >= 15 is 0 Å². The van der Waals surface area contributed by atoms with Crippen LogP contribution in [0, 0.1) is 6.92 Å². The zero-order valence-corrected chi connectivity index (χ0v) is 21.8. The van der Waals surface area contributed by atoms with Gasteiger partial charge in [-0.2, -0.15) is 0 Å². The largest absolute Gasteiger partial charge is 0.489 e. The van der Waals surface area contributed by atoms with Crippen LogP contribution in [0.15, 0.2) is 54.6 Å². The third-order valence-electron chi connectivity index (χ3n) is 6.80. The first kappa shape index (κ1) is 26.9. The molecule has 3 aromatic rings. The van der Waals surface area contributed by atoms with Gasteiger partial charge in [-0.25, -0.2) is 0 Å². The van der Waals surface area contributed by atoms with Crippen LogP contribution in [0.1, 0.15) is 79.8 Å². The van der Waals surface area contributed by atoms with Crippen LogP contribution in [0.5, 0.6) is 5.75 Å². The minimum Gasteiger partial charge on any atom is -0.489 e. The average Bonchev–Trinajstić information content (AvgIpc) is 2.85. The number of benzene rings is 3. The third kappa shape index (κ3) is 6.52. The van der Waals surface area contributed by atoms with Crippen LogP contribution in [-0.4, -0.2) is 21.9 Å². The minimum absolute atomic E-state index is 0.0298. The van der Waals surface area contributed by atoms with Gasteiger partial charge >= 0.3 is 0 Å². The Bertz CT molecular complexity index is 1130. The van der Waals surface area contributed by atoms with Gasteiger partial charge in [-0.15, -0.1) is 0 Å². The molecule has 1 unspecified atom stereocenters. The third-order valence-corrected chi connectivity index (χ3v) is 6.80. The van der Waals surface area contributed by atoms with Gasteiger partial charge in [0.05, 0.1) is 13.2 Å². The fourth-order valence-electron chi connectivity index (χ4n) is 4.73. The van der Waals surface area contributed by atoms with Crippen LogP contribution >= 0.6 is 0 Å². The Morgan fingerprint density at radius 2 is 1.57 bits per heavy atom. The van der Waals surface area contributed by atoms with E-state index in [-0.39, 0.29) is 25.2 Å². The lowest BCUT2D eigenvalue weighted by Gasteiger charge is -2.25. The summed E-state index contributed by atoms with van der Waals surface area (Å²) < 4.78 is 6.17. The zero-order valence-electron chi connectivity index (χ0n) is 21.8. The van der Waals surface area contributed by atoms with Crippen molar-refractivity contribution < 1.29 is 20.1 Å². The lowest BCUT2D eigenvalue weighted by atomic mass is 9.80. The van der Waals surface area contributed by atoms with Crippen molar-refractivity contribution in [3.63, 3.8) is 0 Å². The van der Waals surface area contributed by atoms with Gasteiger partial charge in [0.2, 0.25) is 0 Å². The van der Waals surface area contributed by atoms with Crippen molar-refractivity contribution in [2.75, 3.05) is 6.61 Å². The molecule has 0 aliphatic heterocycles. The second-order valence-electron chi connectivity index (χ2n) is 10.4. The summed E-state index contributed by atoms with van der Waals surface area (Å²) in [6.45, 7) is 11.4. The second kappa shape index (κ2) is 11.9. The molecule has 3 N–H and O–H groups in total. The monoisotopic (exact) mass is 476 g/mol. The molecular weight excluding hydrogens is 436 g/mol. The second-order valence-corrected chi connectivity index (χ2v) is 10.4. The fraction of sp³-hybridized carbons (Fsp3) is 0.419. The van der Waals surface area contributed by atoms with Crippen molar-refractivity contribution in [3.8, 4) is 16.9 Å². The Morgan fingerprint density at radius 1 is 0.829 bits per heavy atom. The number of aliphatic hydroxyl groups excluding tert-OH is 3. The van der Waals surface area contributed by atoms with Crippen LogP contribution in [0.4, 0.5) is 0 Å². The van der Waals surface area contributed by atoms with Crippen LogP contribution in [0.2, 0.25) is 0 Å². The highest BCUT2D eigenvalue weighted by atomic mass is 16.5. The summed E-state index contributed by atoms with van der Waals surface area (Å²) in [6, 6.07) is 18.6. The van der Waals surface area contributed by atoms with E-state index in [0.29, 0.717) is 12.5 Å². The molecule has 0 saturated heterocycles. The maximum Gasteiger partial charge on any atom is 0.120 e. The Balaban J connectivity index is 1.94. The molecular formula is C31H40O4. The Kier molecular flexibility index (Phi) is 9.12. The summed E-state index contributed by atoms with van der Waals surface area (Å²) in [7, 11) is 0. The van der Waals surface area contributed by atoms with Crippen molar-refractivity contribution in [2.24, 2.45) is 0 Å². The lowest BCUT2D eigenvalue weighted by molar-refractivity contribution is 0.259. The van der Waals surface area contributed by atoms with Crippen molar-refractivity contribution in [3.05, 3.63) is 88.0 Å². The number of aliphatic hydroxyl groups is 3. The van der Waals surface area contributed by atoms with E-state index in [2.05, 4.69) is 65.0 Å². The first-order valence-electron chi connectivity index (χ1n) is 12.5. The van der Waals surface area contributed by atoms with Crippen LogP contribution < -0.4 is 4.74 Å². The van der Waals surface area contributed by atoms with Crippen LogP contribution in [0.25, 0.3) is 11.1 Å². The molecule has 188 valence electrons. The van der Waals surface area contributed by atoms with Crippen LogP contribution in [-0.2, 0) is 25.2 Å². The summed E-state index contributed by atoms with van der Waals surface area (Å²) in [5, 5.41) is 28.5. The van der Waals surface area contributed by atoms with Gasteiger partial charge < -0.3 is 20.1 Å². The molecule has 1 atom stereocenters. The molecule has 0 bridgehead atoms. The highest BCUT2D eigenvalue weighted by molar-refractivity contribution is 5.73. The van der Waals surface area contributed by atoms with E-state index in [1.165, 1.54) is 27.8 Å². The van der Waals surface area contributed by atoms with E-state index in [0.717, 1.165) is 35.3 Å². The Morgan fingerprint density at radius 3 is 2.17 bits per heavy atom. The number of hydrogen-bond acceptors (Lipinski definition) is 4. The summed E-state index contributed by atoms with van der Waals surface area (Å²) in [5.41, 5.74) is 8.49. The summed E-state index contributed by atoms with van der Waals surface area (Å²) >= 11 is 0. The predicted molar refractivity (Wildman–Crippen MR) is 143 cm³/mol. The Labute approximate surface area is 210 Å². The fourth-order valence-corrected chi connectivity index (χ4v) is 4.73. The minimum atomic E-state index is -0.110. The first-order chi connectivity index (χ1) is 16.7. The molecule has 0 aromatic heterocycles. The van der Waals surface area contributed by atoms with Gasteiger partial charge in [0.25, 0.3) is 0 Å². The quantitative estimate of drug-likeness (QED) is 0.317. The van der Waals surface area contributed by atoms with E-state index in [9.17, 15) is 15.3 Å². The highest BCUT2D eigenvalue weighted by Gasteiger charge is 2.21. The smallest absolute Gasteiger partial charge is 0.120 e. The molecule has 3 aromatic carbocycles. The zero-order chi connectivity index (χ0) is 25.6. The van der Waals surface area contributed by atoms with Gasteiger partial charge in [-0.05, 0) is 93.8 Å². The van der Waals surface area contributed by atoms with Gasteiger partial charge in [0, 0.05) is 6.61 Å². The Hall–Kier alpha value is -2.66.